The van der Waals surface area contributed by atoms with Gasteiger partial charge in [0, 0.05) is 6.20 Å². The minimum atomic E-state index is 0.190. The van der Waals surface area contributed by atoms with Gasteiger partial charge in [0.1, 0.15) is 0 Å². The van der Waals surface area contributed by atoms with E-state index in [0.29, 0.717) is 11.7 Å². The maximum Gasteiger partial charge on any atom is 0.197 e. The Bertz CT molecular complexity index is 551. The number of rotatable bonds is 2. The summed E-state index contributed by atoms with van der Waals surface area (Å²) in [5.41, 5.74) is 0.550. The van der Waals surface area contributed by atoms with Gasteiger partial charge >= 0.3 is 0 Å². The predicted octanol–water partition coefficient (Wildman–Crippen LogP) is 1.98. The highest BCUT2D eigenvalue weighted by Crippen LogP contribution is 2.29. The van der Waals surface area contributed by atoms with Crippen molar-refractivity contribution >= 4 is 5.65 Å². The van der Waals surface area contributed by atoms with Crippen molar-refractivity contribution in [3.63, 3.8) is 0 Å². The first kappa shape index (κ1) is 11.5. The topological polar surface area (TPSA) is 53.7 Å². The summed E-state index contributed by atoms with van der Waals surface area (Å²) in [6, 6.07) is 3.72. The van der Waals surface area contributed by atoms with Crippen molar-refractivity contribution in [1.82, 2.24) is 19.5 Å². The van der Waals surface area contributed by atoms with Crippen LogP contribution in [0, 0.1) is 0 Å². The van der Waals surface area contributed by atoms with E-state index in [1.165, 1.54) is 12.8 Å². The van der Waals surface area contributed by atoms with Crippen molar-refractivity contribution in [1.29, 1.82) is 0 Å². The minimum Gasteiger partial charge on any atom is -0.504 e. The lowest BCUT2D eigenvalue weighted by Gasteiger charge is -2.32. The molecular weight excluding hydrogens is 228 g/mol. The van der Waals surface area contributed by atoms with Gasteiger partial charge in [0.15, 0.2) is 17.2 Å². The molecule has 0 saturated carbocycles. The Balaban J connectivity index is 2.00. The van der Waals surface area contributed by atoms with Crippen LogP contribution >= 0.6 is 0 Å². The van der Waals surface area contributed by atoms with Gasteiger partial charge in [0.2, 0.25) is 0 Å². The molecule has 3 rings (SSSR count). The van der Waals surface area contributed by atoms with E-state index >= 15 is 0 Å². The molecule has 18 heavy (non-hydrogen) atoms. The van der Waals surface area contributed by atoms with Crippen LogP contribution in [0.3, 0.4) is 0 Å². The lowest BCUT2D eigenvalue weighted by atomic mass is 10.0. The summed E-state index contributed by atoms with van der Waals surface area (Å²) in [5.74, 6) is 1.02. The Morgan fingerprint density at radius 1 is 1.44 bits per heavy atom. The summed E-state index contributed by atoms with van der Waals surface area (Å²) in [7, 11) is 0. The first-order valence-electron chi connectivity index (χ1n) is 6.58. The molecule has 96 valence electrons. The van der Waals surface area contributed by atoms with Crippen molar-refractivity contribution < 1.29 is 5.11 Å². The maximum atomic E-state index is 9.77. The lowest BCUT2D eigenvalue weighted by molar-refractivity contribution is 0.150. The molecule has 5 nitrogen and oxygen atoms in total. The van der Waals surface area contributed by atoms with Crippen LogP contribution in [0.5, 0.6) is 5.75 Å². The van der Waals surface area contributed by atoms with E-state index in [4.69, 9.17) is 0 Å². The van der Waals surface area contributed by atoms with Gasteiger partial charge in [-0.05, 0) is 38.1 Å². The summed E-state index contributed by atoms with van der Waals surface area (Å²) < 4.78 is 1.66. The molecule has 0 radical (unpaired) electrons. The van der Waals surface area contributed by atoms with Crippen molar-refractivity contribution in [2.45, 2.75) is 32.2 Å². The van der Waals surface area contributed by atoms with Crippen LogP contribution in [-0.2, 0) is 0 Å². The van der Waals surface area contributed by atoms with Crippen molar-refractivity contribution in [2.24, 2.45) is 0 Å². The Labute approximate surface area is 106 Å². The average molecular weight is 246 g/mol. The number of aromatic nitrogens is 3. The van der Waals surface area contributed by atoms with E-state index in [1.807, 2.05) is 6.20 Å². The normalized spacial score (nSPS) is 21.5. The van der Waals surface area contributed by atoms with Gasteiger partial charge in [-0.15, -0.1) is 5.10 Å². The summed E-state index contributed by atoms with van der Waals surface area (Å²) in [6.45, 7) is 4.31. The molecule has 0 aromatic carbocycles. The van der Waals surface area contributed by atoms with Gasteiger partial charge in [-0.3, -0.25) is 4.90 Å². The average Bonchev–Trinajstić information content (AvgIpc) is 2.84. The zero-order chi connectivity index (χ0) is 12.5. The molecule has 0 aliphatic carbocycles. The molecule has 1 unspecified atom stereocenters. The van der Waals surface area contributed by atoms with Crippen molar-refractivity contribution in [3.05, 3.63) is 24.2 Å². The number of hydrogen-bond donors (Lipinski definition) is 1. The molecule has 1 atom stereocenters. The van der Waals surface area contributed by atoms with Crippen molar-refractivity contribution in [2.75, 3.05) is 13.1 Å². The molecule has 2 aromatic heterocycles. The van der Waals surface area contributed by atoms with Crippen LogP contribution < -0.4 is 0 Å². The molecule has 0 spiro atoms. The van der Waals surface area contributed by atoms with Gasteiger partial charge in [-0.2, -0.15) is 0 Å². The fourth-order valence-electron chi connectivity index (χ4n) is 2.71. The SMILES string of the molecule is CCN1CCCCC1c1nc2c(O)cccn2n1. The van der Waals surface area contributed by atoms with Crippen LogP contribution in [0.25, 0.3) is 5.65 Å². The van der Waals surface area contributed by atoms with E-state index in [2.05, 4.69) is 21.9 Å². The second-order valence-electron chi connectivity index (χ2n) is 4.77. The van der Waals surface area contributed by atoms with Gasteiger partial charge in [0.05, 0.1) is 6.04 Å². The highest BCUT2D eigenvalue weighted by atomic mass is 16.3. The van der Waals surface area contributed by atoms with E-state index in [9.17, 15) is 5.11 Å². The third-order valence-corrected chi connectivity index (χ3v) is 3.68. The molecule has 2 aromatic rings. The first-order chi connectivity index (χ1) is 8.79. The van der Waals surface area contributed by atoms with Crippen LogP contribution in [0.4, 0.5) is 0 Å². The molecule has 5 heteroatoms. The number of nitrogens with zero attached hydrogens (tertiary/aromatic N) is 4. The number of hydrogen-bond acceptors (Lipinski definition) is 4. The predicted molar refractivity (Wildman–Crippen MR) is 68.5 cm³/mol. The van der Waals surface area contributed by atoms with Gasteiger partial charge in [-0.25, -0.2) is 9.50 Å². The van der Waals surface area contributed by atoms with E-state index < -0.39 is 0 Å². The summed E-state index contributed by atoms with van der Waals surface area (Å²) in [6.07, 6.45) is 5.40. The van der Waals surface area contributed by atoms with Crippen LogP contribution in [0.15, 0.2) is 18.3 Å². The molecule has 1 aliphatic heterocycles. The summed E-state index contributed by atoms with van der Waals surface area (Å²) in [5, 5.41) is 14.3. The monoisotopic (exact) mass is 246 g/mol. The second kappa shape index (κ2) is 4.57. The first-order valence-corrected chi connectivity index (χ1v) is 6.58. The Morgan fingerprint density at radius 2 is 2.33 bits per heavy atom. The molecule has 0 amide bonds. The smallest absolute Gasteiger partial charge is 0.197 e. The molecular formula is C13H18N4O. The fourth-order valence-corrected chi connectivity index (χ4v) is 2.71. The van der Waals surface area contributed by atoms with Crippen molar-refractivity contribution in [3.8, 4) is 5.75 Å². The van der Waals surface area contributed by atoms with Crippen LogP contribution in [-0.4, -0.2) is 37.7 Å². The van der Waals surface area contributed by atoms with E-state index in [1.54, 1.807) is 16.6 Å². The van der Waals surface area contributed by atoms with E-state index in [0.717, 1.165) is 25.3 Å². The minimum absolute atomic E-state index is 0.190. The van der Waals surface area contributed by atoms with Gasteiger partial charge < -0.3 is 5.11 Å². The largest absolute Gasteiger partial charge is 0.504 e. The highest BCUT2D eigenvalue weighted by molar-refractivity contribution is 5.51. The Morgan fingerprint density at radius 3 is 3.11 bits per heavy atom. The third kappa shape index (κ3) is 1.84. The fraction of sp³-hybridized carbons (Fsp3) is 0.538. The molecule has 1 aliphatic rings. The van der Waals surface area contributed by atoms with E-state index in [-0.39, 0.29) is 5.75 Å². The van der Waals surface area contributed by atoms with Gasteiger partial charge in [-0.1, -0.05) is 13.3 Å². The molecule has 1 saturated heterocycles. The molecule has 1 fully saturated rings. The molecule has 3 heterocycles. The number of piperidine rings is 1. The van der Waals surface area contributed by atoms with Crippen LogP contribution in [0.1, 0.15) is 38.1 Å². The number of aromatic hydroxyl groups is 1. The van der Waals surface area contributed by atoms with Crippen LogP contribution in [0.2, 0.25) is 0 Å². The third-order valence-electron chi connectivity index (χ3n) is 3.68. The number of fused-ring (bicyclic) bond motifs is 1. The maximum absolute atomic E-state index is 9.77. The zero-order valence-electron chi connectivity index (χ0n) is 10.6. The lowest BCUT2D eigenvalue weighted by Crippen LogP contribution is -2.33. The molecule has 1 N–H and O–H groups in total. The zero-order valence-corrected chi connectivity index (χ0v) is 10.6. The van der Waals surface area contributed by atoms with Gasteiger partial charge in [0.25, 0.3) is 0 Å². The summed E-state index contributed by atoms with van der Waals surface area (Å²) in [4.78, 5) is 6.91. The molecule has 0 bridgehead atoms. The Kier molecular flexibility index (Phi) is 2.91. The highest BCUT2D eigenvalue weighted by Gasteiger charge is 2.26. The standard InChI is InChI=1S/C13H18N4O/c1-2-16-8-4-3-6-10(16)12-14-13-11(18)7-5-9-17(13)15-12/h5,7,9-10,18H,2-4,6,8H2,1H3. The quantitative estimate of drug-likeness (QED) is 0.880. The number of pyridine rings is 1. The Hall–Kier alpha value is -1.62. The number of likely N-dealkylation sites (tertiary alicyclic amines) is 1. The second-order valence-corrected chi connectivity index (χ2v) is 4.77. The summed E-state index contributed by atoms with van der Waals surface area (Å²) >= 11 is 0.